The summed E-state index contributed by atoms with van der Waals surface area (Å²) in [5.41, 5.74) is 1.54. The molecular formula is C32H26ClFN6O5S2. The van der Waals surface area contributed by atoms with Gasteiger partial charge in [-0.3, -0.25) is 14.5 Å². The van der Waals surface area contributed by atoms with Crippen molar-refractivity contribution in [2.45, 2.75) is 17.0 Å². The Morgan fingerprint density at radius 3 is 2.11 bits per heavy atom. The lowest BCUT2D eigenvalue weighted by Gasteiger charge is -2.49. The number of anilines is 1. The minimum atomic E-state index is -1.33. The predicted molar refractivity (Wildman–Crippen MR) is 177 cm³/mol. The van der Waals surface area contributed by atoms with E-state index in [9.17, 15) is 23.9 Å². The first-order chi connectivity index (χ1) is 22.9. The number of carboxylic acid groups (broad SMARTS) is 1. The van der Waals surface area contributed by atoms with Gasteiger partial charge in [0.2, 0.25) is 16.7 Å². The highest BCUT2D eigenvalue weighted by atomic mass is 35.5. The number of fused-ring (bicyclic) bond motifs is 1. The van der Waals surface area contributed by atoms with Crippen LogP contribution in [-0.2, 0) is 24.8 Å². The molecule has 0 radical (unpaired) electrons. The SMILES string of the molecule is O=C(O)C1=C(CCl)CS[C@H]2[C@H](NC(=O)C(=NOCF)c3nsc(NC(c4ccccc4)(c4ccccc4)c4ccccc4)n3)C(=O)N12. The molecule has 1 saturated heterocycles. The van der Waals surface area contributed by atoms with Crippen molar-refractivity contribution < 1.29 is 28.7 Å². The van der Waals surface area contributed by atoms with Crippen molar-refractivity contribution in [2.24, 2.45) is 5.16 Å². The van der Waals surface area contributed by atoms with E-state index < -0.39 is 47.3 Å². The Hall–Kier alpha value is -4.79. The fourth-order valence-electron chi connectivity index (χ4n) is 5.58. The molecule has 1 fully saturated rings. The average molecular weight is 693 g/mol. The lowest BCUT2D eigenvalue weighted by atomic mass is 9.77. The number of rotatable bonds is 12. The summed E-state index contributed by atoms with van der Waals surface area (Å²) >= 11 is 8.13. The molecule has 11 nitrogen and oxygen atoms in total. The summed E-state index contributed by atoms with van der Waals surface area (Å²) in [5.74, 6) is -2.76. The van der Waals surface area contributed by atoms with Crippen LogP contribution in [0.1, 0.15) is 22.5 Å². The maximum Gasteiger partial charge on any atom is 0.352 e. The Labute approximate surface area is 281 Å². The second-order valence-electron chi connectivity index (χ2n) is 10.3. The molecule has 6 rings (SSSR count). The number of carbonyl (C=O) groups is 3. The van der Waals surface area contributed by atoms with E-state index in [0.717, 1.165) is 33.1 Å². The van der Waals surface area contributed by atoms with Crippen LogP contribution >= 0.6 is 34.9 Å². The molecule has 2 aliphatic heterocycles. The zero-order valence-electron chi connectivity index (χ0n) is 24.4. The Kier molecular flexibility index (Phi) is 9.52. The van der Waals surface area contributed by atoms with Crippen LogP contribution in [0.3, 0.4) is 0 Å². The lowest BCUT2D eigenvalue weighted by molar-refractivity contribution is -0.150. The smallest absolute Gasteiger partial charge is 0.352 e. The highest BCUT2D eigenvalue weighted by molar-refractivity contribution is 8.00. The minimum absolute atomic E-state index is 0.0501. The summed E-state index contributed by atoms with van der Waals surface area (Å²) in [5, 5.41) is 19.1. The summed E-state index contributed by atoms with van der Waals surface area (Å²) in [7, 11) is 0. The molecule has 0 unspecified atom stereocenters. The highest BCUT2D eigenvalue weighted by Crippen LogP contribution is 2.42. The normalized spacial score (nSPS) is 17.9. The van der Waals surface area contributed by atoms with Crippen LogP contribution in [0.5, 0.6) is 0 Å². The Morgan fingerprint density at radius 2 is 1.60 bits per heavy atom. The highest BCUT2D eigenvalue weighted by Gasteiger charge is 2.54. The predicted octanol–water partition coefficient (Wildman–Crippen LogP) is 4.57. The average Bonchev–Trinajstić information content (AvgIpc) is 3.57. The number of hydrogen-bond acceptors (Lipinski definition) is 10. The summed E-state index contributed by atoms with van der Waals surface area (Å²) in [6.45, 7) is -1.33. The van der Waals surface area contributed by atoms with Crippen molar-refractivity contribution in [3.05, 3.63) is 125 Å². The minimum Gasteiger partial charge on any atom is -0.477 e. The molecule has 2 amide bonds. The van der Waals surface area contributed by atoms with Gasteiger partial charge in [-0.15, -0.1) is 23.4 Å². The molecule has 0 bridgehead atoms. The van der Waals surface area contributed by atoms with E-state index in [0.29, 0.717) is 10.7 Å². The summed E-state index contributed by atoms with van der Waals surface area (Å²) in [6, 6.07) is 28.3. The summed E-state index contributed by atoms with van der Waals surface area (Å²) < 4.78 is 17.4. The zero-order chi connectivity index (χ0) is 33.0. The molecule has 47 heavy (non-hydrogen) atoms. The van der Waals surface area contributed by atoms with E-state index in [2.05, 4.69) is 30.0 Å². The van der Waals surface area contributed by atoms with Gasteiger partial charge < -0.3 is 20.6 Å². The zero-order valence-corrected chi connectivity index (χ0v) is 26.8. The number of aliphatic carboxylic acids is 1. The topological polar surface area (TPSA) is 146 Å². The number of oxime groups is 1. The van der Waals surface area contributed by atoms with E-state index in [1.165, 1.54) is 11.8 Å². The van der Waals surface area contributed by atoms with E-state index in [1.807, 2.05) is 91.0 Å². The van der Waals surface area contributed by atoms with Crippen LogP contribution in [0.2, 0.25) is 0 Å². The number of alkyl halides is 2. The molecule has 1 aromatic heterocycles. The second-order valence-corrected chi connectivity index (χ2v) is 12.5. The van der Waals surface area contributed by atoms with E-state index in [4.69, 9.17) is 11.6 Å². The van der Waals surface area contributed by atoms with Crippen molar-refractivity contribution in [1.29, 1.82) is 0 Å². The van der Waals surface area contributed by atoms with Crippen molar-refractivity contribution >= 4 is 63.5 Å². The Morgan fingerprint density at radius 1 is 1.02 bits per heavy atom. The van der Waals surface area contributed by atoms with Crippen LogP contribution in [-0.4, -0.2) is 72.8 Å². The maximum atomic E-state index is 13.5. The number of nitrogens with one attached hydrogen (secondary N) is 2. The molecule has 0 aliphatic carbocycles. The second kappa shape index (κ2) is 13.9. The summed E-state index contributed by atoms with van der Waals surface area (Å²) in [6.07, 6.45) is 0. The quantitative estimate of drug-likeness (QED) is 0.0639. The first kappa shape index (κ1) is 32.2. The van der Waals surface area contributed by atoms with Gasteiger partial charge in [-0.05, 0) is 22.3 Å². The van der Waals surface area contributed by atoms with Gasteiger partial charge in [-0.25, -0.2) is 9.18 Å². The molecule has 240 valence electrons. The molecule has 3 N–H and O–H groups in total. The fourth-order valence-corrected chi connectivity index (χ4v) is 7.89. The largest absolute Gasteiger partial charge is 0.477 e. The molecule has 2 aliphatic rings. The third kappa shape index (κ3) is 6.06. The standard InChI is InChI=1S/C32H26ClFN6O5S2/c33-16-19-17-46-29-24(28(42)40(29)25(19)30(43)44)35-27(41)23(38-45-18-34)26-36-31(47-39-26)37-32(20-10-4-1-5-11-20,21-12-6-2-7-13-21)22-14-8-3-9-15-22/h1-15,24,29H,16-18H2,(H,35,41)(H,43,44)(H,36,37,39)/t24-,29+/m1/s1. The van der Waals surface area contributed by atoms with Gasteiger partial charge in [0, 0.05) is 23.2 Å². The van der Waals surface area contributed by atoms with Crippen LogP contribution in [0.25, 0.3) is 0 Å². The van der Waals surface area contributed by atoms with Gasteiger partial charge in [0.25, 0.3) is 18.7 Å². The Bertz CT molecular complexity index is 1750. The fraction of sp³-hybridized carbons (Fsp3) is 0.188. The van der Waals surface area contributed by atoms with Crippen molar-refractivity contribution in [1.82, 2.24) is 19.6 Å². The first-order valence-corrected chi connectivity index (χ1v) is 16.6. The van der Waals surface area contributed by atoms with Crippen molar-refractivity contribution in [2.75, 3.05) is 23.8 Å². The van der Waals surface area contributed by atoms with E-state index in [1.54, 1.807) is 0 Å². The number of carboxylic acids is 1. The van der Waals surface area contributed by atoms with Gasteiger partial charge in [-0.1, -0.05) is 96.2 Å². The van der Waals surface area contributed by atoms with Crippen molar-refractivity contribution in [3.63, 3.8) is 0 Å². The van der Waals surface area contributed by atoms with Crippen LogP contribution in [0, 0.1) is 0 Å². The molecular weight excluding hydrogens is 667 g/mol. The number of hydrogen-bond donors (Lipinski definition) is 3. The molecule has 15 heteroatoms. The van der Waals surface area contributed by atoms with Gasteiger partial charge in [0.1, 0.15) is 22.7 Å². The number of aromatic nitrogens is 2. The monoisotopic (exact) mass is 692 g/mol. The maximum absolute atomic E-state index is 13.5. The molecule has 0 spiro atoms. The van der Waals surface area contributed by atoms with Gasteiger partial charge >= 0.3 is 5.97 Å². The van der Waals surface area contributed by atoms with Gasteiger partial charge in [-0.2, -0.15) is 9.36 Å². The van der Waals surface area contributed by atoms with Crippen LogP contribution in [0.15, 0.2) is 107 Å². The molecule has 4 aromatic rings. The molecule has 2 atom stereocenters. The van der Waals surface area contributed by atoms with Crippen LogP contribution in [0.4, 0.5) is 9.52 Å². The summed E-state index contributed by atoms with van der Waals surface area (Å²) in [4.78, 5) is 48.7. The number of β-lactam (4-membered cyclic amide) rings is 1. The molecule has 0 saturated carbocycles. The van der Waals surface area contributed by atoms with E-state index in [-0.39, 0.29) is 23.2 Å². The third-order valence-electron chi connectivity index (χ3n) is 7.67. The van der Waals surface area contributed by atoms with Gasteiger partial charge in [0.15, 0.2) is 0 Å². The number of benzene rings is 3. The number of halogens is 2. The van der Waals surface area contributed by atoms with Crippen molar-refractivity contribution in [3.8, 4) is 0 Å². The van der Waals surface area contributed by atoms with Gasteiger partial charge in [0.05, 0.1) is 0 Å². The Balaban J connectivity index is 1.31. The first-order valence-electron chi connectivity index (χ1n) is 14.2. The number of thioether (sulfide) groups is 1. The van der Waals surface area contributed by atoms with E-state index >= 15 is 0 Å². The molecule has 3 heterocycles. The number of amides is 2. The van der Waals surface area contributed by atoms with Crippen LogP contribution < -0.4 is 10.6 Å². The lowest BCUT2D eigenvalue weighted by Crippen LogP contribution is -2.71. The third-order valence-corrected chi connectivity index (χ3v) is 9.96. The number of nitrogens with zero attached hydrogens (tertiary/aromatic N) is 4. The molecule has 3 aromatic carbocycles. The number of carbonyl (C=O) groups excluding carboxylic acids is 2.